The van der Waals surface area contributed by atoms with Crippen LogP contribution in [-0.2, 0) is 13.0 Å². The minimum absolute atomic E-state index is 0.180. The number of aliphatic hydroxyl groups is 1. The van der Waals surface area contributed by atoms with Crippen molar-refractivity contribution in [2.24, 2.45) is 0 Å². The van der Waals surface area contributed by atoms with E-state index in [1.807, 2.05) is 12.1 Å². The molecule has 2 N–H and O–H groups in total. The average Bonchev–Trinajstić information content (AvgIpc) is 3.04. The first-order valence-corrected chi connectivity index (χ1v) is 8.51. The summed E-state index contributed by atoms with van der Waals surface area (Å²) in [6, 6.07) is 14.4. The summed E-state index contributed by atoms with van der Waals surface area (Å²) in [5.41, 5.74) is 3.68. The van der Waals surface area contributed by atoms with Crippen LogP contribution in [0.2, 0.25) is 0 Å². The van der Waals surface area contributed by atoms with Crippen LogP contribution < -0.4 is 4.74 Å². The van der Waals surface area contributed by atoms with Crippen molar-refractivity contribution in [2.75, 3.05) is 20.3 Å². The molecule has 0 bridgehead atoms. The van der Waals surface area contributed by atoms with Gasteiger partial charge in [0, 0.05) is 37.4 Å². The van der Waals surface area contributed by atoms with Crippen LogP contribution in [0.3, 0.4) is 0 Å². The van der Waals surface area contributed by atoms with Crippen LogP contribution in [0.1, 0.15) is 35.6 Å². The van der Waals surface area contributed by atoms with Gasteiger partial charge in [-0.15, -0.1) is 0 Å². The zero-order chi connectivity index (χ0) is 16.9. The molecule has 4 heteroatoms. The first-order valence-electron chi connectivity index (χ1n) is 8.51. The minimum Gasteiger partial charge on any atom is -0.507 e. The predicted octanol–water partition coefficient (Wildman–Crippen LogP) is 3.27. The Kier molecular flexibility index (Phi) is 5.38. The van der Waals surface area contributed by atoms with Crippen LogP contribution in [0, 0.1) is 0 Å². The van der Waals surface area contributed by atoms with Crippen molar-refractivity contribution in [3.8, 4) is 11.5 Å². The summed E-state index contributed by atoms with van der Waals surface area (Å²) < 4.78 is 5.16. The van der Waals surface area contributed by atoms with Crippen molar-refractivity contribution in [1.82, 2.24) is 4.90 Å². The van der Waals surface area contributed by atoms with Crippen LogP contribution in [0.4, 0.5) is 0 Å². The number of fused-ring (bicyclic) bond motifs is 1. The van der Waals surface area contributed by atoms with E-state index in [-0.39, 0.29) is 12.4 Å². The molecule has 128 valence electrons. The molecular weight excluding hydrogens is 302 g/mol. The van der Waals surface area contributed by atoms with E-state index in [1.165, 1.54) is 11.1 Å². The standard InChI is InChI=1S/C20H25NO3/c1-24-17-9-7-16(20(23)13-17)14-21(11-4-12-22)19-10-8-15-5-2-3-6-18(15)19/h2-3,5-7,9,13,19,22-23H,4,8,10-12,14H2,1H3. The molecule has 0 saturated carbocycles. The third-order valence-corrected chi connectivity index (χ3v) is 4.81. The maximum atomic E-state index is 10.3. The number of hydrogen-bond acceptors (Lipinski definition) is 4. The molecule has 1 aliphatic rings. The molecule has 0 spiro atoms. The Bertz CT molecular complexity index is 686. The Morgan fingerprint density at radius 1 is 1.21 bits per heavy atom. The van der Waals surface area contributed by atoms with Crippen LogP contribution in [0.25, 0.3) is 0 Å². The summed E-state index contributed by atoms with van der Waals surface area (Å²) in [5.74, 6) is 0.916. The van der Waals surface area contributed by atoms with Gasteiger partial charge in [-0.1, -0.05) is 30.3 Å². The molecule has 1 atom stereocenters. The monoisotopic (exact) mass is 327 g/mol. The van der Waals surface area contributed by atoms with Gasteiger partial charge in [-0.2, -0.15) is 0 Å². The van der Waals surface area contributed by atoms with Gasteiger partial charge in [-0.3, -0.25) is 4.90 Å². The topological polar surface area (TPSA) is 52.9 Å². The number of aromatic hydroxyl groups is 1. The van der Waals surface area contributed by atoms with Crippen LogP contribution in [0.5, 0.6) is 11.5 Å². The van der Waals surface area contributed by atoms with E-state index in [4.69, 9.17) is 4.74 Å². The highest BCUT2D eigenvalue weighted by Crippen LogP contribution is 2.37. The second-order valence-electron chi connectivity index (χ2n) is 6.30. The maximum Gasteiger partial charge on any atom is 0.123 e. The zero-order valence-corrected chi connectivity index (χ0v) is 14.1. The van der Waals surface area contributed by atoms with E-state index in [0.29, 0.717) is 18.3 Å². The van der Waals surface area contributed by atoms with Crippen LogP contribution in [0.15, 0.2) is 42.5 Å². The smallest absolute Gasteiger partial charge is 0.123 e. The normalized spacial score (nSPS) is 16.4. The number of methoxy groups -OCH3 is 1. The van der Waals surface area contributed by atoms with Crippen molar-refractivity contribution >= 4 is 0 Å². The van der Waals surface area contributed by atoms with Crippen molar-refractivity contribution in [2.45, 2.75) is 31.8 Å². The summed E-state index contributed by atoms with van der Waals surface area (Å²) in [7, 11) is 1.59. The number of aliphatic hydroxyl groups excluding tert-OH is 1. The van der Waals surface area contributed by atoms with Gasteiger partial charge in [0.05, 0.1) is 7.11 Å². The Balaban J connectivity index is 1.82. The number of phenols is 1. The summed E-state index contributed by atoms with van der Waals surface area (Å²) in [6.07, 6.45) is 2.91. The van der Waals surface area contributed by atoms with Crippen LogP contribution >= 0.6 is 0 Å². The largest absolute Gasteiger partial charge is 0.507 e. The third kappa shape index (κ3) is 3.55. The van der Waals surface area contributed by atoms with E-state index in [9.17, 15) is 10.2 Å². The first-order chi connectivity index (χ1) is 11.7. The molecule has 1 unspecified atom stereocenters. The molecule has 0 fully saturated rings. The Morgan fingerprint density at radius 3 is 2.79 bits per heavy atom. The van der Waals surface area contributed by atoms with E-state index in [1.54, 1.807) is 13.2 Å². The maximum absolute atomic E-state index is 10.3. The SMILES string of the molecule is COc1ccc(CN(CCCO)C2CCc3ccccc32)c(O)c1. The van der Waals surface area contributed by atoms with Gasteiger partial charge in [-0.25, -0.2) is 0 Å². The number of aryl methyl sites for hydroxylation is 1. The fourth-order valence-electron chi connectivity index (χ4n) is 3.56. The third-order valence-electron chi connectivity index (χ3n) is 4.81. The molecule has 3 rings (SSSR count). The molecule has 0 heterocycles. The van der Waals surface area contributed by atoms with Crippen molar-refractivity contribution in [1.29, 1.82) is 0 Å². The molecule has 0 radical (unpaired) electrons. The Morgan fingerprint density at radius 2 is 2.04 bits per heavy atom. The highest BCUT2D eigenvalue weighted by Gasteiger charge is 2.27. The number of ether oxygens (including phenoxy) is 1. The van der Waals surface area contributed by atoms with Gasteiger partial charge in [-0.05, 0) is 36.5 Å². The fourth-order valence-corrected chi connectivity index (χ4v) is 3.56. The first kappa shape index (κ1) is 16.8. The van der Waals surface area contributed by atoms with Gasteiger partial charge < -0.3 is 14.9 Å². The number of benzene rings is 2. The van der Waals surface area contributed by atoms with Crippen LogP contribution in [-0.4, -0.2) is 35.4 Å². The summed E-state index contributed by atoms with van der Waals surface area (Å²) >= 11 is 0. The summed E-state index contributed by atoms with van der Waals surface area (Å²) in [6.45, 7) is 1.65. The molecule has 0 aliphatic heterocycles. The molecule has 24 heavy (non-hydrogen) atoms. The van der Waals surface area contributed by atoms with E-state index in [0.717, 1.165) is 31.4 Å². The van der Waals surface area contributed by atoms with Gasteiger partial charge in [0.1, 0.15) is 11.5 Å². The van der Waals surface area contributed by atoms with E-state index < -0.39 is 0 Å². The number of hydrogen-bond donors (Lipinski definition) is 2. The Hall–Kier alpha value is -2.04. The fraction of sp³-hybridized carbons (Fsp3) is 0.400. The average molecular weight is 327 g/mol. The lowest BCUT2D eigenvalue weighted by molar-refractivity contribution is 0.164. The highest BCUT2D eigenvalue weighted by atomic mass is 16.5. The number of nitrogens with zero attached hydrogens (tertiary/aromatic N) is 1. The molecule has 0 aromatic heterocycles. The molecule has 0 saturated heterocycles. The van der Waals surface area contributed by atoms with Gasteiger partial charge in [0.25, 0.3) is 0 Å². The van der Waals surface area contributed by atoms with Gasteiger partial charge >= 0.3 is 0 Å². The molecule has 1 aliphatic carbocycles. The second-order valence-corrected chi connectivity index (χ2v) is 6.30. The minimum atomic E-state index is 0.180. The quantitative estimate of drug-likeness (QED) is 0.819. The summed E-state index contributed by atoms with van der Waals surface area (Å²) in [4.78, 5) is 2.36. The molecule has 0 amide bonds. The molecule has 4 nitrogen and oxygen atoms in total. The summed E-state index contributed by atoms with van der Waals surface area (Å²) in [5, 5.41) is 19.5. The Labute approximate surface area is 143 Å². The number of rotatable bonds is 7. The van der Waals surface area contributed by atoms with Gasteiger partial charge in [0.15, 0.2) is 0 Å². The second kappa shape index (κ2) is 7.69. The highest BCUT2D eigenvalue weighted by molar-refractivity contribution is 5.40. The lowest BCUT2D eigenvalue weighted by Gasteiger charge is -2.30. The van der Waals surface area contributed by atoms with E-state index in [2.05, 4.69) is 29.2 Å². The number of phenolic OH excluding ortho intramolecular Hbond substituents is 1. The zero-order valence-electron chi connectivity index (χ0n) is 14.1. The van der Waals surface area contributed by atoms with Crippen molar-refractivity contribution in [3.63, 3.8) is 0 Å². The lowest BCUT2D eigenvalue weighted by Crippen LogP contribution is -2.28. The van der Waals surface area contributed by atoms with Gasteiger partial charge in [0.2, 0.25) is 0 Å². The predicted molar refractivity (Wildman–Crippen MR) is 94.3 cm³/mol. The lowest BCUT2D eigenvalue weighted by atomic mass is 10.1. The molecule has 2 aromatic carbocycles. The van der Waals surface area contributed by atoms with Crippen molar-refractivity contribution < 1.29 is 14.9 Å². The molecular formula is C20H25NO3. The van der Waals surface area contributed by atoms with E-state index >= 15 is 0 Å². The van der Waals surface area contributed by atoms with Crippen molar-refractivity contribution in [3.05, 3.63) is 59.2 Å². The molecule has 2 aromatic rings.